The summed E-state index contributed by atoms with van der Waals surface area (Å²) in [4.78, 5) is 27.9. The van der Waals surface area contributed by atoms with E-state index in [1.54, 1.807) is 4.90 Å². The predicted molar refractivity (Wildman–Crippen MR) is 108 cm³/mol. The van der Waals surface area contributed by atoms with E-state index in [-0.39, 0.29) is 41.1 Å². The van der Waals surface area contributed by atoms with Crippen molar-refractivity contribution in [3.05, 3.63) is 64.2 Å². The fourth-order valence-corrected chi connectivity index (χ4v) is 3.49. The molecule has 2 aromatic rings. The fourth-order valence-electron chi connectivity index (χ4n) is 3.32. The zero-order valence-electron chi connectivity index (χ0n) is 15.8. The summed E-state index contributed by atoms with van der Waals surface area (Å²) in [6.07, 6.45) is 2.85. The molecule has 2 aromatic carbocycles. The lowest BCUT2D eigenvalue weighted by atomic mass is 10.1. The number of halogens is 3. The molecule has 1 fully saturated rings. The van der Waals surface area contributed by atoms with Crippen molar-refractivity contribution >= 4 is 29.1 Å². The summed E-state index contributed by atoms with van der Waals surface area (Å²) in [6, 6.07) is 7.72. The van der Waals surface area contributed by atoms with Crippen LogP contribution in [0.1, 0.15) is 35.2 Å². The van der Waals surface area contributed by atoms with Crippen LogP contribution < -0.4 is 10.6 Å². The number of carbonyl (C=O) groups is 2. The molecule has 0 spiro atoms. The molecule has 0 unspecified atom stereocenters. The minimum atomic E-state index is -0.617. The third-order valence-electron chi connectivity index (χ3n) is 4.96. The molecule has 5 nitrogen and oxygen atoms in total. The van der Waals surface area contributed by atoms with Gasteiger partial charge in [0.2, 0.25) is 0 Å². The largest absolute Gasteiger partial charge is 0.324 e. The van der Waals surface area contributed by atoms with Crippen molar-refractivity contribution in [3.63, 3.8) is 0 Å². The number of nitrogens with two attached hydrogens (primary N) is 1. The van der Waals surface area contributed by atoms with Gasteiger partial charge in [-0.3, -0.25) is 9.69 Å². The Hall–Kier alpha value is -2.51. The minimum Gasteiger partial charge on any atom is -0.324 e. The van der Waals surface area contributed by atoms with Gasteiger partial charge in [-0.1, -0.05) is 23.7 Å². The van der Waals surface area contributed by atoms with Crippen molar-refractivity contribution in [1.82, 2.24) is 4.90 Å². The van der Waals surface area contributed by atoms with Crippen LogP contribution in [-0.2, 0) is 6.54 Å². The number of benzene rings is 2. The van der Waals surface area contributed by atoms with Gasteiger partial charge in [0.15, 0.2) is 5.78 Å². The highest BCUT2D eigenvalue weighted by Crippen LogP contribution is 2.27. The van der Waals surface area contributed by atoms with E-state index in [1.165, 1.54) is 35.2 Å². The maximum absolute atomic E-state index is 14.6. The van der Waals surface area contributed by atoms with Crippen LogP contribution in [0.2, 0.25) is 5.02 Å². The second-order valence-corrected chi connectivity index (χ2v) is 7.36. The number of piperidine rings is 1. The number of Topliss-reactive ketones (excluding diaryl/α,β-unsaturated/α-hetero) is 1. The standard InChI is InChI=1S/C21H22ClF2N3O2/c22-17-11-16(6-7-18(17)23)27(21(29)26-8-2-1-3-9-26)13-15-5-4-14(10-19(15)24)20(28)12-25/h4-7,10-11H,1-3,8-9,12-13,25H2. The third-order valence-corrected chi connectivity index (χ3v) is 5.25. The van der Waals surface area contributed by atoms with Gasteiger partial charge in [0.25, 0.3) is 0 Å². The molecule has 8 heteroatoms. The topological polar surface area (TPSA) is 66.6 Å². The van der Waals surface area contributed by atoms with E-state index < -0.39 is 11.6 Å². The van der Waals surface area contributed by atoms with Crippen molar-refractivity contribution in [2.75, 3.05) is 24.5 Å². The SMILES string of the molecule is NCC(=O)c1ccc(CN(C(=O)N2CCCCC2)c2ccc(F)c(Cl)c2)c(F)c1. The van der Waals surface area contributed by atoms with Crippen LogP contribution in [-0.4, -0.2) is 36.3 Å². The Kier molecular flexibility index (Phi) is 6.82. The lowest BCUT2D eigenvalue weighted by Crippen LogP contribution is -2.45. The second-order valence-electron chi connectivity index (χ2n) is 6.95. The van der Waals surface area contributed by atoms with Crippen molar-refractivity contribution in [2.45, 2.75) is 25.8 Å². The van der Waals surface area contributed by atoms with Crippen molar-refractivity contribution in [3.8, 4) is 0 Å². The van der Waals surface area contributed by atoms with Crippen LogP contribution in [0.15, 0.2) is 36.4 Å². The number of hydrogen-bond donors (Lipinski definition) is 1. The normalized spacial score (nSPS) is 14.0. The molecule has 3 rings (SSSR count). The molecule has 1 aliphatic rings. The van der Waals surface area contributed by atoms with Gasteiger partial charge in [-0.15, -0.1) is 0 Å². The fraction of sp³-hybridized carbons (Fsp3) is 0.333. The molecule has 2 N–H and O–H groups in total. The van der Waals surface area contributed by atoms with Gasteiger partial charge in [0.1, 0.15) is 11.6 Å². The summed E-state index contributed by atoms with van der Waals surface area (Å²) in [5.74, 6) is -1.59. The molecular formula is C21H22ClF2N3O2. The number of amides is 2. The Morgan fingerprint density at radius 2 is 1.76 bits per heavy atom. The summed E-state index contributed by atoms with van der Waals surface area (Å²) < 4.78 is 28.3. The third kappa shape index (κ3) is 4.92. The number of rotatable bonds is 5. The molecule has 154 valence electrons. The van der Waals surface area contributed by atoms with Crippen molar-refractivity contribution < 1.29 is 18.4 Å². The van der Waals surface area contributed by atoms with Crippen LogP contribution in [0.3, 0.4) is 0 Å². The van der Waals surface area contributed by atoms with Gasteiger partial charge < -0.3 is 10.6 Å². The maximum Gasteiger partial charge on any atom is 0.324 e. The maximum atomic E-state index is 14.6. The van der Waals surface area contributed by atoms with E-state index in [2.05, 4.69) is 0 Å². The van der Waals surface area contributed by atoms with E-state index in [1.807, 2.05) is 0 Å². The van der Waals surface area contributed by atoms with Crippen LogP contribution in [0.25, 0.3) is 0 Å². The molecule has 0 atom stereocenters. The molecule has 0 bridgehead atoms. The number of carbonyl (C=O) groups excluding carboxylic acids is 2. The van der Waals surface area contributed by atoms with Gasteiger partial charge in [0, 0.05) is 29.9 Å². The summed E-state index contributed by atoms with van der Waals surface area (Å²) in [5.41, 5.74) is 6.09. The number of ketones is 1. The van der Waals surface area contributed by atoms with Crippen LogP contribution >= 0.6 is 11.6 Å². The predicted octanol–water partition coefficient (Wildman–Crippen LogP) is 4.37. The average molecular weight is 422 g/mol. The zero-order valence-corrected chi connectivity index (χ0v) is 16.6. The molecule has 1 heterocycles. The molecule has 0 aromatic heterocycles. The van der Waals surface area contributed by atoms with E-state index in [0.717, 1.165) is 25.3 Å². The van der Waals surface area contributed by atoms with Crippen molar-refractivity contribution in [2.24, 2.45) is 5.73 Å². The van der Waals surface area contributed by atoms with Crippen molar-refractivity contribution in [1.29, 1.82) is 0 Å². The average Bonchev–Trinajstić information content (AvgIpc) is 2.74. The minimum absolute atomic E-state index is 0.0831. The Balaban J connectivity index is 1.93. The zero-order chi connectivity index (χ0) is 21.0. The molecule has 0 aliphatic carbocycles. The van der Waals surface area contributed by atoms with E-state index in [0.29, 0.717) is 18.8 Å². The first-order chi connectivity index (χ1) is 13.9. The Morgan fingerprint density at radius 1 is 1.03 bits per heavy atom. The Labute approximate surface area is 173 Å². The van der Waals surface area contributed by atoms with Gasteiger partial charge in [0.05, 0.1) is 18.1 Å². The number of urea groups is 1. The highest BCUT2D eigenvalue weighted by molar-refractivity contribution is 6.31. The first-order valence-electron chi connectivity index (χ1n) is 9.44. The Morgan fingerprint density at radius 3 is 2.38 bits per heavy atom. The van der Waals surface area contributed by atoms with Crippen LogP contribution in [0.4, 0.5) is 19.3 Å². The lowest BCUT2D eigenvalue weighted by molar-refractivity contribution is 0.100. The van der Waals surface area contributed by atoms with Gasteiger partial charge >= 0.3 is 6.03 Å². The Bertz CT molecular complexity index is 917. The molecular weight excluding hydrogens is 400 g/mol. The summed E-state index contributed by atoms with van der Waals surface area (Å²) >= 11 is 5.90. The van der Waals surface area contributed by atoms with Gasteiger partial charge in [-0.2, -0.15) is 0 Å². The first kappa shape index (κ1) is 21.2. The quantitative estimate of drug-likeness (QED) is 0.729. The smallest absolute Gasteiger partial charge is 0.324 e. The van der Waals surface area contributed by atoms with Crippen LogP contribution in [0.5, 0.6) is 0 Å². The van der Waals surface area contributed by atoms with E-state index in [4.69, 9.17) is 17.3 Å². The molecule has 0 saturated carbocycles. The molecule has 1 aliphatic heterocycles. The monoisotopic (exact) mass is 421 g/mol. The highest BCUT2D eigenvalue weighted by Gasteiger charge is 2.25. The molecule has 1 saturated heterocycles. The van der Waals surface area contributed by atoms with Gasteiger partial charge in [-0.05, 0) is 43.5 Å². The highest BCUT2D eigenvalue weighted by atomic mass is 35.5. The van der Waals surface area contributed by atoms with E-state index >= 15 is 0 Å². The number of likely N-dealkylation sites (tertiary alicyclic amines) is 1. The molecule has 29 heavy (non-hydrogen) atoms. The number of nitrogens with zero attached hydrogens (tertiary/aromatic N) is 2. The summed E-state index contributed by atoms with van der Waals surface area (Å²) in [5, 5.41) is -0.122. The molecule has 2 amide bonds. The van der Waals surface area contributed by atoms with Crippen LogP contribution in [0, 0.1) is 11.6 Å². The lowest BCUT2D eigenvalue weighted by Gasteiger charge is -2.33. The summed E-state index contributed by atoms with van der Waals surface area (Å²) in [7, 11) is 0. The van der Waals surface area contributed by atoms with Gasteiger partial charge in [-0.25, -0.2) is 13.6 Å². The first-order valence-corrected chi connectivity index (χ1v) is 9.81. The number of hydrogen-bond acceptors (Lipinski definition) is 3. The summed E-state index contributed by atoms with van der Waals surface area (Å²) in [6.45, 7) is 0.917. The van der Waals surface area contributed by atoms with E-state index in [9.17, 15) is 18.4 Å². The number of anilines is 1. The second kappa shape index (κ2) is 9.33. The molecule has 0 radical (unpaired) electrons.